The lowest BCUT2D eigenvalue weighted by Crippen LogP contribution is -2.11. The first kappa shape index (κ1) is 12.3. The lowest BCUT2D eigenvalue weighted by Gasteiger charge is -2.20. The van der Waals surface area contributed by atoms with Crippen molar-refractivity contribution in [3.8, 4) is 0 Å². The van der Waals surface area contributed by atoms with Crippen molar-refractivity contribution in [2.24, 2.45) is 5.14 Å². The summed E-state index contributed by atoms with van der Waals surface area (Å²) in [6.07, 6.45) is 4.14. The molecule has 1 rings (SSSR count). The average Bonchev–Trinajstić information content (AvgIpc) is 2.17. The molecule has 1 aromatic carbocycles. The average molecular weight is 221 g/mol. The van der Waals surface area contributed by atoms with Gasteiger partial charge in [-0.1, -0.05) is 45.1 Å². The maximum Gasteiger partial charge on any atom is 0.0298 e. The van der Waals surface area contributed by atoms with E-state index in [9.17, 15) is 0 Å². The molecule has 0 unspecified atom stereocenters. The monoisotopic (exact) mass is 221 g/mol. The van der Waals surface area contributed by atoms with Crippen molar-refractivity contribution < 1.29 is 0 Å². The van der Waals surface area contributed by atoms with Gasteiger partial charge in [0.15, 0.2) is 0 Å². The lowest BCUT2D eigenvalue weighted by molar-refractivity contribution is 0.589. The van der Waals surface area contributed by atoms with Crippen LogP contribution < -0.4 is 5.14 Å². The summed E-state index contributed by atoms with van der Waals surface area (Å²) in [6, 6.07) is 6.47. The van der Waals surface area contributed by atoms with Crippen molar-refractivity contribution in [2.45, 2.75) is 38.0 Å². The zero-order valence-electron chi connectivity index (χ0n) is 9.87. The number of rotatable bonds is 2. The molecule has 15 heavy (non-hydrogen) atoms. The van der Waals surface area contributed by atoms with Gasteiger partial charge in [0.1, 0.15) is 0 Å². The summed E-state index contributed by atoms with van der Waals surface area (Å²) in [5.74, 6) is 0. The number of hydrogen-bond donors (Lipinski definition) is 1. The molecule has 0 aliphatic carbocycles. The smallest absolute Gasteiger partial charge is 0.0298 e. The Hall–Kier alpha value is -0.730. The van der Waals surface area contributed by atoms with Gasteiger partial charge < -0.3 is 0 Å². The van der Waals surface area contributed by atoms with E-state index in [4.69, 9.17) is 5.14 Å². The molecule has 0 heterocycles. The van der Waals surface area contributed by atoms with Crippen LogP contribution in [0.3, 0.4) is 0 Å². The van der Waals surface area contributed by atoms with Crippen LogP contribution in [0, 0.1) is 0 Å². The van der Waals surface area contributed by atoms with Gasteiger partial charge in [0.25, 0.3) is 0 Å². The highest BCUT2D eigenvalue weighted by molar-refractivity contribution is 7.97. The zero-order chi connectivity index (χ0) is 11.5. The molecule has 0 bridgehead atoms. The minimum absolute atomic E-state index is 0.189. The van der Waals surface area contributed by atoms with Gasteiger partial charge in [0.05, 0.1) is 0 Å². The lowest BCUT2D eigenvalue weighted by atomic mass is 9.86. The molecular weight excluding hydrogens is 202 g/mol. The number of allylic oxidation sites excluding steroid dienone is 1. The fourth-order valence-electron chi connectivity index (χ4n) is 1.43. The highest BCUT2D eigenvalue weighted by Crippen LogP contribution is 2.28. The number of nitrogens with two attached hydrogens (primary N) is 1. The SMILES string of the molecule is C/C=C\c1cc(C(C)(C)C)ccc1SN. The van der Waals surface area contributed by atoms with E-state index in [-0.39, 0.29) is 5.41 Å². The Morgan fingerprint density at radius 3 is 2.40 bits per heavy atom. The second kappa shape index (κ2) is 4.86. The van der Waals surface area contributed by atoms with Crippen molar-refractivity contribution in [1.82, 2.24) is 0 Å². The minimum Gasteiger partial charge on any atom is -0.274 e. The van der Waals surface area contributed by atoms with Crippen LogP contribution in [-0.4, -0.2) is 0 Å². The van der Waals surface area contributed by atoms with Crippen LogP contribution in [0.1, 0.15) is 38.8 Å². The van der Waals surface area contributed by atoms with Gasteiger partial charge in [-0.15, -0.1) is 0 Å². The third-order valence-corrected chi connectivity index (χ3v) is 2.97. The molecule has 1 aromatic rings. The van der Waals surface area contributed by atoms with E-state index < -0.39 is 0 Å². The molecule has 0 fully saturated rings. The Morgan fingerprint density at radius 1 is 1.27 bits per heavy atom. The molecule has 2 N–H and O–H groups in total. The summed E-state index contributed by atoms with van der Waals surface area (Å²) in [4.78, 5) is 1.13. The van der Waals surface area contributed by atoms with E-state index >= 15 is 0 Å². The zero-order valence-corrected chi connectivity index (χ0v) is 10.7. The Bertz CT molecular complexity index is 361. The molecular formula is C13H19NS. The summed E-state index contributed by atoms with van der Waals surface area (Å²) in [6.45, 7) is 8.68. The predicted molar refractivity (Wildman–Crippen MR) is 69.9 cm³/mol. The Kier molecular flexibility index (Phi) is 4.00. The second-order valence-electron chi connectivity index (χ2n) is 4.62. The Morgan fingerprint density at radius 2 is 1.93 bits per heavy atom. The second-order valence-corrected chi connectivity index (χ2v) is 5.30. The molecule has 0 radical (unpaired) electrons. The first-order valence-electron chi connectivity index (χ1n) is 5.13. The van der Waals surface area contributed by atoms with Crippen molar-refractivity contribution in [1.29, 1.82) is 0 Å². The van der Waals surface area contributed by atoms with Crippen molar-refractivity contribution in [2.75, 3.05) is 0 Å². The van der Waals surface area contributed by atoms with E-state index in [1.54, 1.807) is 0 Å². The van der Waals surface area contributed by atoms with Crippen LogP contribution in [0.15, 0.2) is 29.2 Å². The Labute approximate surface area is 96.9 Å². The van der Waals surface area contributed by atoms with Crippen LogP contribution in [0.5, 0.6) is 0 Å². The van der Waals surface area contributed by atoms with E-state index in [1.807, 2.05) is 13.0 Å². The third kappa shape index (κ3) is 3.11. The first-order chi connectivity index (χ1) is 6.99. The first-order valence-corrected chi connectivity index (χ1v) is 6.01. The summed E-state index contributed by atoms with van der Waals surface area (Å²) in [5, 5.41) is 5.62. The van der Waals surface area contributed by atoms with Crippen molar-refractivity contribution in [3.63, 3.8) is 0 Å². The third-order valence-electron chi connectivity index (χ3n) is 2.35. The Balaban J connectivity index is 3.22. The van der Waals surface area contributed by atoms with Crippen LogP contribution >= 0.6 is 11.9 Å². The van der Waals surface area contributed by atoms with Gasteiger partial charge in [-0.3, -0.25) is 5.14 Å². The van der Waals surface area contributed by atoms with Gasteiger partial charge in [-0.2, -0.15) is 0 Å². The number of benzene rings is 1. The molecule has 0 aromatic heterocycles. The largest absolute Gasteiger partial charge is 0.274 e. The summed E-state index contributed by atoms with van der Waals surface area (Å²) >= 11 is 1.30. The van der Waals surface area contributed by atoms with Crippen LogP contribution in [0.25, 0.3) is 6.08 Å². The van der Waals surface area contributed by atoms with Crippen LogP contribution in [-0.2, 0) is 5.41 Å². The molecule has 0 atom stereocenters. The molecule has 0 saturated carbocycles. The topological polar surface area (TPSA) is 26.0 Å². The van der Waals surface area contributed by atoms with E-state index in [2.05, 4.69) is 45.0 Å². The molecule has 0 aliphatic rings. The molecule has 2 heteroatoms. The van der Waals surface area contributed by atoms with E-state index in [0.717, 1.165) is 4.90 Å². The predicted octanol–water partition coefficient (Wildman–Crippen LogP) is 3.98. The standard InChI is InChI=1S/C13H19NS/c1-5-6-10-9-11(13(2,3)4)7-8-12(10)15-14/h5-9H,14H2,1-4H3/b6-5-. The normalized spacial score (nSPS) is 12.3. The van der Waals surface area contributed by atoms with E-state index in [1.165, 1.54) is 23.1 Å². The molecule has 82 valence electrons. The van der Waals surface area contributed by atoms with Gasteiger partial charge in [0.2, 0.25) is 0 Å². The molecule has 0 amide bonds. The van der Waals surface area contributed by atoms with Crippen LogP contribution in [0.2, 0.25) is 0 Å². The van der Waals surface area contributed by atoms with Crippen molar-refractivity contribution in [3.05, 3.63) is 35.4 Å². The molecule has 0 spiro atoms. The summed E-state index contributed by atoms with van der Waals surface area (Å²) in [7, 11) is 0. The van der Waals surface area contributed by atoms with Gasteiger partial charge >= 0.3 is 0 Å². The van der Waals surface area contributed by atoms with Crippen molar-refractivity contribution >= 4 is 18.0 Å². The van der Waals surface area contributed by atoms with Gasteiger partial charge in [0, 0.05) is 4.90 Å². The maximum absolute atomic E-state index is 5.62. The number of hydrogen-bond acceptors (Lipinski definition) is 2. The highest BCUT2D eigenvalue weighted by atomic mass is 32.2. The summed E-state index contributed by atoms with van der Waals surface area (Å²) in [5.41, 5.74) is 2.74. The fraction of sp³-hybridized carbons (Fsp3) is 0.385. The minimum atomic E-state index is 0.189. The van der Waals surface area contributed by atoms with Gasteiger partial charge in [-0.25, -0.2) is 0 Å². The highest BCUT2D eigenvalue weighted by Gasteiger charge is 2.14. The molecule has 0 saturated heterocycles. The molecule has 1 nitrogen and oxygen atoms in total. The molecule has 0 aliphatic heterocycles. The van der Waals surface area contributed by atoms with E-state index in [0.29, 0.717) is 0 Å². The van der Waals surface area contributed by atoms with Crippen LogP contribution in [0.4, 0.5) is 0 Å². The maximum atomic E-state index is 5.62. The quantitative estimate of drug-likeness (QED) is 0.764. The fourth-order valence-corrected chi connectivity index (χ4v) is 1.84. The summed E-state index contributed by atoms with van der Waals surface area (Å²) < 4.78 is 0. The van der Waals surface area contributed by atoms with Gasteiger partial charge in [-0.05, 0) is 41.5 Å².